The maximum Gasteiger partial charge on any atom is 0.310 e. The van der Waals surface area contributed by atoms with Gasteiger partial charge in [0, 0.05) is 0 Å². The van der Waals surface area contributed by atoms with Crippen molar-refractivity contribution in [3.05, 3.63) is 28.8 Å². The molecular weight excluding hydrogens is 192 g/mol. The van der Waals surface area contributed by atoms with E-state index in [1.54, 1.807) is 7.11 Å². The molecule has 0 saturated heterocycles. The van der Waals surface area contributed by atoms with Crippen molar-refractivity contribution in [3.63, 3.8) is 0 Å². The van der Waals surface area contributed by atoms with E-state index in [-0.39, 0.29) is 5.92 Å². The number of rotatable bonds is 2. The van der Waals surface area contributed by atoms with E-state index in [9.17, 15) is 4.79 Å². The number of carboxylic acid groups (broad SMARTS) is 1. The van der Waals surface area contributed by atoms with Crippen LogP contribution in [0.15, 0.2) is 12.1 Å². The molecule has 3 heteroatoms. The first kappa shape index (κ1) is 10.0. The van der Waals surface area contributed by atoms with Gasteiger partial charge in [-0.2, -0.15) is 0 Å². The van der Waals surface area contributed by atoms with E-state index in [4.69, 9.17) is 9.84 Å². The minimum absolute atomic E-state index is 0.352. The zero-order chi connectivity index (χ0) is 11.0. The first-order valence-corrected chi connectivity index (χ1v) is 5.04. The highest BCUT2D eigenvalue weighted by Crippen LogP contribution is 2.39. The van der Waals surface area contributed by atoms with E-state index in [2.05, 4.69) is 0 Å². The predicted octanol–water partition coefficient (Wildman–Crippen LogP) is 2.12. The molecule has 0 aromatic heterocycles. The number of carboxylic acids is 1. The molecule has 0 bridgehead atoms. The number of ether oxygens (including phenoxy) is 1. The van der Waals surface area contributed by atoms with Crippen molar-refractivity contribution in [1.82, 2.24) is 0 Å². The Hall–Kier alpha value is -1.51. The van der Waals surface area contributed by atoms with E-state index < -0.39 is 5.97 Å². The molecule has 3 nitrogen and oxygen atoms in total. The highest BCUT2D eigenvalue weighted by Gasteiger charge is 2.30. The average molecular weight is 206 g/mol. The normalized spacial score (nSPS) is 18.7. The molecule has 1 aliphatic rings. The van der Waals surface area contributed by atoms with Crippen LogP contribution in [0.2, 0.25) is 0 Å². The summed E-state index contributed by atoms with van der Waals surface area (Å²) in [5.41, 5.74) is 3.07. The summed E-state index contributed by atoms with van der Waals surface area (Å²) >= 11 is 0. The second-order valence-electron chi connectivity index (χ2n) is 3.91. The molecule has 2 rings (SSSR count). The lowest BCUT2D eigenvalue weighted by Crippen LogP contribution is -2.07. The van der Waals surface area contributed by atoms with Crippen LogP contribution in [0.25, 0.3) is 0 Å². The fraction of sp³-hybridized carbons (Fsp3) is 0.417. The third kappa shape index (κ3) is 1.48. The van der Waals surface area contributed by atoms with Crippen molar-refractivity contribution >= 4 is 5.97 Å². The minimum atomic E-state index is -0.736. The molecule has 1 atom stereocenters. The first-order valence-electron chi connectivity index (χ1n) is 5.04. The number of hydrogen-bond donors (Lipinski definition) is 1. The third-order valence-electron chi connectivity index (χ3n) is 3.05. The van der Waals surface area contributed by atoms with Crippen molar-refractivity contribution < 1.29 is 14.6 Å². The van der Waals surface area contributed by atoms with Gasteiger partial charge in [0.15, 0.2) is 0 Å². The standard InChI is InChI=1S/C12H14O3/c1-7-3-4-8-9(11(7)15-2)5-6-10(8)12(13)14/h3-4,10H,5-6H2,1-2H3,(H,13,14). The van der Waals surface area contributed by atoms with Crippen LogP contribution in [-0.2, 0) is 11.2 Å². The van der Waals surface area contributed by atoms with Crippen LogP contribution in [0.3, 0.4) is 0 Å². The molecule has 0 spiro atoms. The van der Waals surface area contributed by atoms with Crippen LogP contribution < -0.4 is 4.74 Å². The second kappa shape index (κ2) is 3.57. The number of aryl methyl sites for hydroxylation is 1. The zero-order valence-electron chi connectivity index (χ0n) is 8.91. The van der Waals surface area contributed by atoms with Gasteiger partial charge in [0.05, 0.1) is 13.0 Å². The molecule has 0 heterocycles. The van der Waals surface area contributed by atoms with Crippen LogP contribution >= 0.6 is 0 Å². The molecule has 1 aromatic carbocycles. The van der Waals surface area contributed by atoms with Gasteiger partial charge in [-0.1, -0.05) is 12.1 Å². The smallest absolute Gasteiger partial charge is 0.310 e. The SMILES string of the molecule is COc1c(C)ccc2c1CCC2C(=O)O. The van der Waals surface area contributed by atoms with Crippen LogP contribution in [0.5, 0.6) is 5.75 Å². The maximum atomic E-state index is 11.0. The van der Waals surface area contributed by atoms with Gasteiger partial charge in [0.25, 0.3) is 0 Å². The number of methoxy groups -OCH3 is 1. The molecule has 0 amide bonds. The molecule has 1 aliphatic carbocycles. The van der Waals surface area contributed by atoms with Gasteiger partial charge >= 0.3 is 5.97 Å². The van der Waals surface area contributed by atoms with Crippen LogP contribution in [0.4, 0.5) is 0 Å². The van der Waals surface area contributed by atoms with E-state index in [1.165, 1.54) is 0 Å². The van der Waals surface area contributed by atoms with E-state index in [0.29, 0.717) is 6.42 Å². The topological polar surface area (TPSA) is 46.5 Å². The lowest BCUT2D eigenvalue weighted by Gasteiger charge is -2.11. The summed E-state index contributed by atoms with van der Waals surface area (Å²) in [4.78, 5) is 11.0. The van der Waals surface area contributed by atoms with Crippen LogP contribution in [0.1, 0.15) is 29.0 Å². The Balaban J connectivity index is 2.53. The lowest BCUT2D eigenvalue weighted by molar-refractivity contribution is -0.138. The number of hydrogen-bond acceptors (Lipinski definition) is 2. The Morgan fingerprint density at radius 1 is 1.53 bits per heavy atom. The van der Waals surface area contributed by atoms with Crippen molar-refractivity contribution in [2.75, 3.05) is 7.11 Å². The van der Waals surface area contributed by atoms with Crippen LogP contribution in [0, 0.1) is 6.92 Å². The second-order valence-corrected chi connectivity index (χ2v) is 3.91. The number of carbonyl (C=O) groups is 1. The molecular formula is C12H14O3. The Morgan fingerprint density at radius 3 is 2.87 bits per heavy atom. The molecule has 0 aliphatic heterocycles. The largest absolute Gasteiger partial charge is 0.496 e. The van der Waals surface area contributed by atoms with E-state index in [1.807, 2.05) is 19.1 Å². The van der Waals surface area contributed by atoms with E-state index in [0.717, 1.165) is 28.9 Å². The molecule has 1 unspecified atom stereocenters. The van der Waals surface area contributed by atoms with Gasteiger partial charge in [-0.05, 0) is 36.5 Å². The summed E-state index contributed by atoms with van der Waals surface area (Å²) < 4.78 is 5.32. The Morgan fingerprint density at radius 2 is 2.27 bits per heavy atom. The highest BCUT2D eigenvalue weighted by molar-refractivity contribution is 5.78. The fourth-order valence-electron chi connectivity index (χ4n) is 2.33. The third-order valence-corrected chi connectivity index (χ3v) is 3.05. The summed E-state index contributed by atoms with van der Waals surface area (Å²) in [7, 11) is 1.64. The summed E-state index contributed by atoms with van der Waals surface area (Å²) in [6.07, 6.45) is 1.49. The van der Waals surface area contributed by atoms with Crippen molar-refractivity contribution in [1.29, 1.82) is 0 Å². The Bertz CT molecular complexity index is 410. The Labute approximate surface area is 88.7 Å². The average Bonchev–Trinajstić information content (AvgIpc) is 2.61. The number of benzene rings is 1. The van der Waals surface area contributed by atoms with Crippen molar-refractivity contribution in [3.8, 4) is 5.75 Å². The lowest BCUT2D eigenvalue weighted by atomic mass is 9.99. The molecule has 0 radical (unpaired) electrons. The maximum absolute atomic E-state index is 11.0. The van der Waals surface area contributed by atoms with Crippen molar-refractivity contribution in [2.45, 2.75) is 25.7 Å². The molecule has 1 aromatic rings. The van der Waals surface area contributed by atoms with Gasteiger partial charge in [-0.3, -0.25) is 4.79 Å². The van der Waals surface area contributed by atoms with Gasteiger partial charge in [0.1, 0.15) is 5.75 Å². The number of fused-ring (bicyclic) bond motifs is 1. The van der Waals surface area contributed by atoms with Crippen LogP contribution in [-0.4, -0.2) is 18.2 Å². The molecule has 1 N–H and O–H groups in total. The summed E-state index contributed by atoms with van der Waals surface area (Å²) in [6, 6.07) is 3.85. The summed E-state index contributed by atoms with van der Waals surface area (Å²) in [5.74, 6) is -0.231. The molecule has 80 valence electrons. The fourth-order valence-corrected chi connectivity index (χ4v) is 2.33. The molecule has 0 fully saturated rings. The quantitative estimate of drug-likeness (QED) is 0.806. The molecule has 0 saturated carbocycles. The summed E-state index contributed by atoms with van der Waals surface area (Å²) in [5, 5.41) is 9.05. The summed E-state index contributed by atoms with van der Waals surface area (Å²) in [6.45, 7) is 1.98. The van der Waals surface area contributed by atoms with Gasteiger partial charge in [-0.25, -0.2) is 0 Å². The monoisotopic (exact) mass is 206 g/mol. The minimum Gasteiger partial charge on any atom is -0.496 e. The molecule has 15 heavy (non-hydrogen) atoms. The van der Waals surface area contributed by atoms with E-state index >= 15 is 0 Å². The van der Waals surface area contributed by atoms with Gasteiger partial charge in [-0.15, -0.1) is 0 Å². The Kier molecular flexibility index (Phi) is 2.39. The van der Waals surface area contributed by atoms with Gasteiger partial charge in [0.2, 0.25) is 0 Å². The van der Waals surface area contributed by atoms with Gasteiger partial charge < -0.3 is 9.84 Å². The highest BCUT2D eigenvalue weighted by atomic mass is 16.5. The predicted molar refractivity (Wildman–Crippen MR) is 56.4 cm³/mol. The number of aliphatic carboxylic acids is 1. The zero-order valence-corrected chi connectivity index (χ0v) is 8.91. The first-order chi connectivity index (χ1) is 7.15. The van der Waals surface area contributed by atoms with Crippen molar-refractivity contribution in [2.24, 2.45) is 0 Å².